The average molecular weight is 418 g/mol. The monoisotopic (exact) mass is 417 g/mol. The highest BCUT2D eigenvalue weighted by Crippen LogP contribution is 2.20. The summed E-state index contributed by atoms with van der Waals surface area (Å²) in [6.45, 7) is 5.19. The summed E-state index contributed by atoms with van der Waals surface area (Å²) in [5.74, 6) is 0.685. The molecule has 0 unspecified atom stereocenters. The Kier molecular flexibility index (Phi) is 5.95. The van der Waals surface area contributed by atoms with Crippen LogP contribution in [-0.4, -0.2) is 15.7 Å². The summed E-state index contributed by atoms with van der Waals surface area (Å²) in [6.07, 6.45) is 3.51. The maximum absolute atomic E-state index is 12.6. The van der Waals surface area contributed by atoms with Crippen LogP contribution < -0.4 is 10.1 Å². The van der Waals surface area contributed by atoms with E-state index in [4.69, 9.17) is 4.74 Å². The van der Waals surface area contributed by atoms with Crippen LogP contribution in [0.25, 0.3) is 0 Å². The fourth-order valence-electron chi connectivity index (χ4n) is 3.03. The van der Waals surface area contributed by atoms with Crippen LogP contribution in [0.2, 0.25) is 0 Å². The fourth-order valence-corrected chi connectivity index (χ4v) is 3.82. The lowest BCUT2D eigenvalue weighted by Crippen LogP contribution is -2.09. The SMILES string of the molecule is Cc1ccc(Cn2cc(NC(=O)c3cc(COc4cccc(C)c4)cs3)cn2)cc1. The van der Waals surface area contributed by atoms with Gasteiger partial charge in [0.2, 0.25) is 0 Å². The van der Waals surface area contributed by atoms with Crippen molar-refractivity contribution in [2.24, 2.45) is 0 Å². The number of benzene rings is 2. The predicted molar refractivity (Wildman–Crippen MR) is 120 cm³/mol. The van der Waals surface area contributed by atoms with E-state index in [1.807, 2.05) is 53.5 Å². The van der Waals surface area contributed by atoms with Crippen molar-refractivity contribution in [3.8, 4) is 5.75 Å². The molecule has 1 N–H and O–H groups in total. The van der Waals surface area contributed by atoms with Crippen molar-refractivity contribution in [3.63, 3.8) is 0 Å². The van der Waals surface area contributed by atoms with Gasteiger partial charge in [-0.25, -0.2) is 0 Å². The number of nitrogens with zero attached hydrogens (tertiary/aromatic N) is 2. The molecular formula is C24H23N3O2S. The number of thiophene rings is 1. The van der Waals surface area contributed by atoms with Gasteiger partial charge in [0.05, 0.1) is 23.3 Å². The van der Waals surface area contributed by atoms with Gasteiger partial charge in [0, 0.05) is 11.8 Å². The Hall–Kier alpha value is -3.38. The molecule has 152 valence electrons. The molecule has 30 heavy (non-hydrogen) atoms. The zero-order valence-electron chi connectivity index (χ0n) is 17.0. The minimum atomic E-state index is -0.142. The highest BCUT2D eigenvalue weighted by Gasteiger charge is 2.11. The molecular weight excluding hydrogens is 394 g/mol. The minimum absolute atomic E-state index is 0.142. The zero-order chi connectivity index (χ0) is 20.9. The van der Waals surface area contributed by atoms with Gasteiger partial charge < -0.3 is 10.1 Å². The molecule has 0 aliphatic carbocycles. The number of amides is 1. The van der Waals surface area contributed by atoms with Crippen molar-refractivity contribution in [2.75, 3.05) is 5.32 Å². The number of rotatable bonds is 7. The molecule has 0 fully saturated rings. The second-order valence-corrected chi connectivity index (χ2v) is 8.20. The van der Waals surface area contributed by atoms with E-state index in [0.717, 1.165) is 22.4 Å². The van der Waals surface area contributed by atoms with E-state index < -0.39 is 0 Å². The molecule has 0 aliphatic heterocycles. The molecule has 2 heterocycles. The molecule has 0 radical (unpaired) electrons. The first-order valence-corrected chi connectivity index (χ1v) is 10.6. The number of aromatic nitrogens is 2. The summed E-state index contributed by atoms with van der Waals surface area (Å²) in [7, 11) is 0. The van der Waals surface area contributed by atoms with Gasteiger partial charge in [-0.15, -0.1) is 11.3 Å². The first kappa shape index (κ1) is 19.9. The Labute approximate surface area is 179 Å². The van der Waals surface area contributed by atoms with E-state index in [1.165, 1.54) is 16.9 Å². The number of carbonyl (C=O) groups excluding carboxylic acids is 1. The molecule has 1 amide bonds. The van der Waals surface area contributed by atoms with Crippen LogP contribution in [0.1, 0.15) is 31.9 Å². The molecule has 0 saturated heterocycles. The van der Waals surface area contributed by atoms with E-state index >= 15 is 0 Å². The largest absolute Gasteiger partial charge is 0.489 e. The number of aryl methyl sites for hydroxylation is 2. The van der Waals surface area contributed by atoms with Crippen LogP contribution in [0, 0.1) is 13.8 Å². The van der Waals surface area contributed by atoms with Crippen molar-refractivity contribution in [3.05, 3.63) is 99.5 Å². The maximum Gasteiger partial charge on any atom is 0.265 e. The first-order chi connectivity index (χ1) is 14.5. The van der Waals surface area contributed by atoms with Gasteiger partial charge in [-0.1, -0.05) is 42.0 Å². The van der Waals surface area contributed by atoms with Gasteiger partial charge in [0.1, 0.15) is 12.4 Å². The second kappa shape index (κ2) is 8.97. The number of hydrogen-bond donors (Lipinski definition) is 1. The third-order valence-electron chi connectivity index (χ3n) is 4.63. The van der Waals surface area contributed by atoms with E-state index in [-0.39, 0.29) is 5.91 Å². The van der Waals surface area contributed by atoms with E-state index in [1.54, 1.807) is 6.20 Å². The summed E-state index contributed by atoms with van der Waals surface area (Å²) in [5.41, 5.74) is 5.20. The number of hydrogen-bond acceptors (Lipinski definition) is 4. The zero-order valence-corrected chi connectivity index (χ0v) is 17.8. The quantitative estimate of drug-likeness (QED) is 0.436. The van der Waals surface area contributed by atoms with E-state index in [0.29, 0.717) is 23.7 Å². The van der Waals surface area contributed by atoms with E-state index in [2.05, 4.69) is 41.6 Å². The molecule has 4 rings (SSSR count). The van der Waals surface area contributed by atoms with Gasteiger partial charge in [0.15, 0.2) is 0 Å². The second-order valence-electron chi connectivity index (χ2n) is 7.29. The van der Waals surface area contributed by atoms with Crippen LogP contribution in [0.5, 0.6) is 5.75 Å². The third-order valence-corrected chi connectivity index (χ3v) is 5.61. The molecule has 5 nitrogen and oxygen atoms in total. The lowest BCUT2D eigenvalue weighted by Gasteiger charge is -2.05. The lowest BCUT2D eigenvalue weighted by atomic mass is 10.1. The molecule has 0 aliphatic rings. The third kappa shape index (κ3) is 5.15. The summed E-state index contributed by atoms with van der Waals surface area (Å²) >= 11 is 1.41. The molecule has 0 bridgehead atoms. The Morgan fingerprint density at radius 1 is 1.07 bits per heavy atom. The van der Waals surface area contributed by atoms with Crippen molar-refractivity contribution in [2.45, 2.75) is 27.0 Å². The van der Waals surface area contributed by atoms with Crippen LogP contribution in [0.3, 0.4) is 0 Å². The molecule has 0 spiro atoms. The molecule has 4 aromatic rings. The number of ether oxygens (including phenoxy) is 1. The molecule has 6 heteroatoms. The topological polar surface area (TPSA) is 56.2 Å². The lowest BCUT2D eigenvalue weighted by molar-refractivity contribution is 0.103. The number of carbonyl (C=O) groups is 1. The van der Waals surface area contributed by atoms with Crippen LogP contribution in [0.15, 0.2) is 72.4 Å². The summed E-state index contributed by atoms with van der Waals surface area (Å²) in [6, 6.07) is 18.1. The van der Waals surface area contributed by atoms with Gasteiger partial charge >= 0.3 is 0 Å². The fraction of sp³-hybridized carbons (Fsp3) is 0.167. The number of anilines is 1. The van der Waals surface area contributed by atoms with Gasteiger partial charge in [-0.2, -0.15) is 5.10 Å². The average Bonchev–Trinajstić information content (AvgIpc) is 3.38. The van der Waals surface area contributed by atoms with Gasteiger partial charge in [0.25, 0.3) is 5.91 Å². The molecule has 2 aromatic heterocycles. The Morgan fingerprint density at radius 3 is 2.70 bits per heavy atom. The van der Waals surface area contributed by atoms with E-state index in [9.17, 15) is 4.79 Å². The van der Waals surface area contributed by atoms with Crippen molar-refractivity contribution in [1.29, 1.82) is 0 Å². The highest BCUT2D eigenvalue weighted by molar-refractivity contribution is 7.12. The highest BCUT2D eigenvalue weighted by atomic mass is 32.1. The van der Waals surface area contributed by atoms with Crippen LogP contribution in [-0.2, 0) is 13.2 Å². The van der Waals surface area contributed by atoms with Crippen LogP contribution in [0.4, 0.5) is 5.69 Å². The predicted octanol–water partition coefficient (Wildman–Crippen LogP) is 5.44. The number of nitrogens with one attached hydrogen (secondary N) is 1. The van der Waals surface area contributed by atoms with Crippen LogP contribution >= 0.6 is 11.3 Å². The minimum Gasteiger partial charge on any atom is -0.489 e. The van der Waals surface area contributed by atoms with Gasteiger partial charge in [-0.3, -0.25) is 9.48 Å². The van der Waals surface area contributed by atoms with Crippen molar-refractivity contribution < 1.29 is 9.53 Å². The normalized spacial score (nSPS) is 10.7. The molecule has 0 atom stereocenters. The van der Waals surface area contributed by atoms with Crippen molar-refractivity contribution >= 4 is 22.9 Å². The Balaban J connectivity index is 1.33. The Morgan fingerprint density at radius 2 is 1.90 bits per heavy atom. The maximum atomic E-state index is 12.6. The summed E-state index contributed by atoms with van der Waals surface area (Å²) < 4.78 is 7.63. The summed E-state index contributed by atoms with van der Waals surface area (Å²) in [5, 5.41) is 9.21. The Bertz CT molecular complexity index is 1150. The summed E-state index contributed by atoms with van der Waals surface area (Å²) in [4.78, 5) is 13.2. The first-order valence-electron chi connectivity index (χ1n) is 9.71. The standard InChI is InChI=1S/C24H23N3O2S/c1-17-6-8-19(9-7-17)13-27-14-21(12-25-27)26-24(28)23-11-20(16-30-23)15-29-22-5-3-4-18(2)10-22/h3-12,14,16H,13,15H2,1-2H3,(H,26,28). The van der Waals surface area contributed by atoms with Crippen molar-refractivity contribution in [1.82, 2.24) is 9.78 Å². The molecule has 0 saturated carbocycles. The molecule has 2 aromatic carbocycles. The van der Waals surface area contributed by atoms with Gasteiger partial charge in [-0.05, 0) is 48.6 Å². The smallest absolute Gasteiger partial charge is 0.265 e.